The summed E-state index contributed by atoms with van der Waals surface area (Å²) in [6.07, 6.45) is 1.82. The van der Waals surface area contributed by atoms with Crippen LogP contribution in [-0.4, -0.2) is 34.7 Å². The Bertz CT molecular complexity index is 1090. The third-order valence-corrected chi connectivity index (χ3v) is 6.39. The quantitative estimate of drug-likeness (QED) is 0.534. The van der Waals surface area contributed by atoms with Crippen molar-refractivity contribution < 1.29 is 4.39 Å². The number of thiophene rings is 1. The Balaban J connectivity index is 1.45. The molecule has 2 aromatic carbocycles. The summed E-state index contributed by atoms with van der Waals surface area (Å²) in [5, 5.41) is 13.7. The van der Waals surface area contributed by atoms with Crippen molar-refractivity contribution in [1.82, 2.24) is 20.4 Å². The highest BCUT2D eigenvalue weighted by Gasteiger charge is 2.25. The number of piperazine rings is 1. The minimum atomic E-state index is -0.142. The van der Waals surface area contributed by atoms with Crippen molar-refractivity contribution in [2.75, 3.05) is 19.6 Å². The molecule has 0 radical (unpaired) electrons. The number of halogens is 1. The minimum absolute atomic E-state index is 0.142. The zero-order valence-electron chi connectivity index (χ0n) is 15.4. The number of aromatic nitrogens is 2. The van der Waals surface area contributed by atoms with E-state index in [1.54, 1.807) is 17.4 Å². The molecule has 2 N–H and O–H groups in total. The average molecular weight is 393 g/mol. The maximum atomic E-state index is 14.7. The van der Waals surface area contributed by atoms with Gasteiger partial charge in [-0.3, -0.25) is 10.00 Å². The number of benzene rings is 2. The van der Waals surface area contributed by atoms with Gasteiger partial charge in [-0.15, -0.1) is 11.3 Å². The fourth-order valence-electron chi connectivity index (χ4n) is 3.91. The molecule has 0 saturated carbocycles. The van der Waals surface area contributed by atoms with Crippen molar-refractivity contribution in [2.24, 2.45) is 0 Å². The van der Waals surface area contributed by atoms with Gasteiger partial charge in [-0.2, -0.15) is 5.10 Å². The molecular weight excluding hydrogens is 371 g/mol. The lowest BCUT2D eigenvalue weighted by Gasteiger charge is -2.35. The van der Waals surface area contributed by atoms with Gasteiger partial charge in [0.15, 0.2) is 0 Å². The van der Waals surface area contributed by atoms with Gasteiger partial charge in [0, 0.05) is 42.0 Å². The molecule has 0 amide bonds. The lowest BCUT2D eigenvalue weighted by Crippen LogP contribution is -2.45. The van der Waals surface area contributed by atoms with Gasteiger partial charge in [0.2, 0.25) is 0 Å². The maximum absolute atomic E-state index is 14.7. The highest BCUT2D eigenvalue weighted by Crippen LogP contribution is 2.30. The highest BCUT2D eigenvalue weighted by molar-refractivity contribution is 7.10. The highest BCUT2D eigenvalue weighted by atomic mass is 32.1. The summed E-state index contributed by atoms with van der Waals surface area (Å²) in [5.74, 6) is -0.142. The molecule has 28 heavy (non-hydrogen) atoms. The molecule has 2 aromatic heterocycles. The number of hydrogen-bond acceptors (Lipinski definition) is 4. The molecule has 3 heterocycles. The second kappa shape index (κ2) is 7.47. The molecule has 1 aliphatic rings. The lowest BCUT2D eigenvalue weighted by molar-refractivity contribution is 0.154. The molecule has 1 atom stereocenters. The van der Waals surface area contributed by atoms with E-state index >= 15 is 0 Å². The molecule has 0 bridgehead atoms. The lowest BCUT2D eigenvalue weighted by atomic mass is 10.0. The van der Waals surface area contributed by atoms with Crippen molar-refractivity contribution in [3.8, 4) is 11.1 Å². The second-order valence-electron chi connectivity index (χ2n) is 7.18. The Morgan fingerprint density at radius 3 is 2.93 bits per heavy atom. The molecule has 1 fully saturated rings. The SMILES string of the molecule is Fc1ccc(-c2ccc3[nH]ncc3c2)cc1CN1CCNC[C@H]1c1cccs1. The third kappa shape index (κ3) is 3.35. The van der Waals surface area contributed by atoms with Crippen LogP contribution in [0.4, 0.5) is 4.39 Å². The number of fused-ring (bicyclic) bond motifs is 1. The van der Waals surface area contributed by atoms with Gasteiger partial charge in [0.1, 0.15) is 5.82 Å². The van der Waals surface area contributed by atoms with E-state index in [-0.39, 0.29) is 5.82 Å². The van der Waals surface area contributed by atoms with E-state index in [4.69, 9.17) is 0 Å². The Morgan fingerprint density at radius 1 is 1.14 bits per heavy atom. The molecule has 0 spiro atoms. The molecule has 0 aliphatic carbocycles. The first kappa shape index (κ1) is 17.6. The van der Waals surface area contributed by atoms with Crippen molar-refractivity contribution in [2.45, 2.75) is 12.6 Å². The number of rotatable bonds is 4. The topological polar surface area (TPSA) is 44.0 Å². The molecule has 1 aliphatic heterocycles. The van der Waals surface area contributed by atoms with Gasteiger partial charge in [0.05, 0.1) is 17.8 Å². The number of H-pyrrole nitrogens is 1. The van der Waals surface area contributed by atoms with Gasteiger partial charge in [-0.05, 0) is 46.8 Å². The monoisotopic (exact) mass is 392 g/mol. The summed E-state index contributed by atoms with van der Waals surface area (Å²) in [6.45, 7) is 3.35. The molecule has 5 rings (SSSR count). The summed E-state index contributed by atoms with van der Waals surface area (Å²) in [4.78, 5) is 3.71. The van der Waals surface area contributed by atoms with Crippen LogP contribution >= 0.6 is 11.3 Å². The largest absolute Gasteiger partial charge is 0.314 e. The number of nitrogens with one attached hydrogen (secondary N) is 2. The first-order valence-corrected chi connectivity index (χ1v) is 10.4. The number of nitrogens with zero attached hydrogens (tertiary/aromatic N) is 2. The molecule has 4 aromatic rings. The summed E-state index contributed by atoms with van der Waals surface area (Å²) >= 11 is 1.77. The molecule has 1 saturated heterocycles. The predicted molar refractivity (Wildman–Crippen MR) is 112 cm³/mol. The van der Waals surface area contributed by atoms with Crippen LogP contribution in [0.1, 0.15) is 16.5 Å². The Labute approximate surface area is 167 Å². The Morgan fingerprint density at radius 2 is 2.04 bits per heavy atom. The molecule has 6 heteroatoms. The van der Waals surface area contributed by atoms with E-state index in [2.05, 4.69) is 50.1 Å². The van der Waals surface area contributed by atoms with Crippen LogP contribution in [0.3, 0.4) is 0 Å². The second-order valence-corrected chi connectivity index (χ2v) is 8.16. The number of hydrogen-bond donors (Lipinski definition) is 2. The summed E-state index contributed by atoms with van der Waals surface area (Å²) in [6, 6.07) is 16.1. The smallest absolute Gasteiger partial charge is 0.127 e. The zero-order valence-corrected chi connectivity index (χ0v) is 16.2. The van der Waals surface area contributed by atoms with Gasteiger partial charge in [0.25, 0.3) is 0 Å². The van der Waals surface area contributed by atoms with Crippen molar-refractivity contribution in [3.05, 3.63) is 76.4 Å². The zero-order chi connectivity index (χ0) is 18.9. The van der Waals surface area contributed by atoms with E-state index in [1.807, 2.05) is 24.4 Å². The Hall–Kier alpha value is -2.54. The fraction of sp³-hybridized carbons (Fsp3) is 0.227. The van der Waals surface area contributed by atoms with Crippen molar-refractivity contribution in [1.29, 1.82) is 0 Å². The summed E-state index contributed by atoms with van der Waals surface area (Å²) in [7, 11) is 0. The first-order chi connectivity index (χ1) is 13.8. The van der Waals surface area contributed by atoms with E-state index < -0.39 is 0 Å². The van der Waals surface area contributed by atoms with Crippen LogP contribution in [0.15, 0.2) is 60.1 Å². The average Bonchev–Trinajstić information content (AvgIpc) is 3.41. The summed E-state index contributed by atoms with van der Waals surface area (Å²) < 4.78 is 14.7. The van der Waals surface area contributed by atoms with Crippen LogP contribution in [0.5, 0.6) is 0 Å². The molecule has 0 unspecified atom stereocenters. The van der Waals surface area contributed by atoms with E-state index in [0.29, 0.717) is 12.6 Å². The third-order valence-electron chi connectivity index (χ3n) is 5.42. The normalized spacial score (nSPS) is 18.0. The van der Waals surface area contributed by atoms with E-state index in [0.717, 1.165) is 47.2 Å². The standard InChI is InChI=1S/C22H21FN4S/c23-19-5-3-15(16-4-6-20-17(10-16)12-25-26-20)11-18(19)14-27-8-7-24-13-21(27)22-2-1-9-28-22/h1-6,9-12,21,24H,7-8,13-14H2,(H,25,26)/t21-/m0/s1. The number of aromatic amines is 1. The van der Waals surface area contributed by atoms with Crippen LogP contribution < -0.4 is 5.32 Å². The minimum Gasteiger partial charge on any atom is -0.314 e. The van der Waals surface area contributed by atoms with Crippen LogP contribution in [0, 0.1) is 5.82 Å². The first-order valence-electron chi connectivity index (χ1n) is 9.48. The molecule has 4 nitrogen and oxygen atoms in total. The van der Waals surface area contributed by atoms with E-state index in [9.17, 15) is 4.39 Å². The van der Waals surface area contributed by atoms with Crippen molar-refractivity contribution >= 4 is 22.2 Å². The summed E-state index contributed by atoms with van der Waals surface area (Å²) in [5.41, 5.74) is 3.85. The molecule has 142 valence electrons. The fourth-order valence-corrected chi connectivity index (χ4v) is 4.77. The van der Waals surface area contributed by atoms with Gasteiger partial charge < -0.3 is 5.32 Å². The maximum Gasteiger partial charge on any atom is 0.127 e. The van der Waals surface area contributed by atoms with Crippen LogP contribution in [0.2, 0.25) is 0 Å². The van der Waals surface area contributed by atoms with Crippen molar-refractivity contribution in [3.63, 3.8) is 0 Å². The van der Waals surface area contributed by atoms with Gasteiger partial charge >= 0.3 is 0 Å². The molecular formula is C22H21FN4S. The van der Waals surface area contributed by atoms with Gasteiger partial charge in [-0.1, -0.05) is 18.2 Å². The Kier molecular flexibility index (Phi) is 4.68. The van der Waals surface area contributed by atoms with Gasteiger partial charge in [-0.25, -0.2) is 4.39 Å². The van der Waals surface area contributed by atoms with E-state index in [1.165, 1.54) is 4.88 Å². The van der Waals surface area contributed by atoms with Crippen LogP contribution in [-0.2, 0) is 6.54 Å². The predicted octanol–water partition coefficient (Wildman–Crippen LogP) is 4.58. The van der Waals surface area contributed by atoms with Crippen LogP contribution in [0.25, 0.3) is 22.0 Å².